The van der Waals surface area contributed by atoms with Crippen molar-refractivity contribution in [2.45, 2.75) is 13.8 Å². The molecule has 0 bridgehead atoms. The number of aromatic amines is 1. The lowest BCUT2D eigenvalue weighted by molar-refractivity contribution is 0.457. The van der Waals surface area contributed by atoms with E-state index in [2.05, 4.69) is 9.98 Å². The zero-order valence-corrected chi connectivity index (χ0v) is 12.6. The van der Waals surface area contributed by atoms with Crippen molar-refractivity contribution in [3.8, 4) is 5.88 Å². The molecule has 3 rings (SSSR count). The average Bonchev–Trinajstić information content (AvgIpc) is 2.74. The summed E-state index contributed by atoms with van der Waals surface area (Å²) < 4.78 is 0. The number of hydrogen-bond acceptors (Lipinski definition) is 2. The molecule has 0 saturated carbocycles. The first-order chi connectivity index (χ1) is 10.1. The van der Waals surface area contributed by atoms with E-state index >= 15 is 0 Å². The average molecular weight is 299 g/mol. The van der Waals surface area contributed by atoms with E-state index in [-0.39, 0.29) is 5.88 Å². The summed E-state index contributed by atoms with van der Waals surface area (Å²) in [6, 6.07) is 11.5. The number of H-pyrrole nitrogens is 1. The number of para-hydroxylation sites is 1. The Morgan fingerprint density at radius 1 is 1.14 bits per heavy atom. The first-order valence-corrected chi connectivity index (χ1v) is 7.04. The minimum atomic E-state index is 0.0993. The zero-order valence-electron chi connectivity index (χ0n) is 11.8. The third kappa shape index (κ3) is 2.52. The SMILES string of the molecule is Cc1cccc(C)c1N=Cc1c(O)[nH]c2ccc(Cl)cc12. The number of fused-ring (bicyclic) bond motifs is 1. The highest BCUT2D eigenvalue weighted by molar-refractivity contribution is 6.31. The predicted octanol–water partition coefficient (Wildman–Crippen LogP) is 4.89. The molecule has 0 radical (unpaired) electrons. The molecular weight excluding hydrogens is 284 g/mol. The number of rotatable bonds is 2. The second kappa shape index (κ2) is 5.26. The first kappa shape index (κ1) is 13.7. The molecule has 0 aliphatic carbocycles. The Hall–Kier alpha value is -2.26. The Morgan fingerprint density at radius 3 is 2.57 bits per heavy atom. The highest BCUT2D eigenvalue weighted by atomic mass is 35.5. The van der Waals surface area contributed by atoms with Gasteiger partial charge in [-0.3, -0.25) is 4.99 Å². The molecule has 1 heterocycles. The second-order valence-corrected chi connectivity index (χ2v) is 5.51. The van der Waals surface area contributed by atoms with E-state index in [1.807, 2.05) is 44.2 Å². The molecule has 3 aromatic rings. The van der Waals surface area contributed by atoms with E-state index in [1.165, 1.54) is 0 Å². The number of hydrogen-bond donors (Lipinski definition) is 2. The largest absolute Gasteiger partial charge is 0.494 e. The smallest absolute Gasteiger partial charge is 0.198 e. The van der Waals surface area contributed by atoms with Crippen LogP contribution in [0.2, 0.25) is 5.02 Å². The van der Waals surface area contributed by atoms with Crippen molar-refractivity contribution in [1.29, 1.82) is 0 Å². The molecular formula is C17H15ClN2O. The number of nitrogens with zero attached hydrogens (tertiary/aromatic N) is 1. The number of nitrogens with one attached hydrogen (secondary N) is 1. The summed E-state index contributed by atoms with van der Waals surface area (Å²) in [6.07, 6.45) is 1.68. The molecule has 2 N–H and O–H groups in total. The number of halogens is 1. The van der Waals surface area contributed by atoms with Gasteiger partial charge in [0.2, 0.25) is 0 Å². The summed E-state index contributed by atoms with van der Waals surface area (Å²) in [4.78, 5) is 7.47. The molecule has 0 spiro atoms. The van der Waals surface area contributed by atoms with E-state index in [9.17, 15) is 5.11 Å². The van der Waals surface area contributed by atoms with Crippen molar-refractivity contribution in [3.05, 3.63) is 58.1 Å². The molecule has 21 heavy (non-hydrogen) atoms. The molecule has 3 nitrogen and oxygen atoms in total. The topological polar surface area (TPSA) is 48.4 Å². The van der Waals surface area contributed by atoms with Crippen LogP contribution >= 0.6 is 11.6 Å². The second-order valence-electron chi connectivity index (χ2n) is 5.08. The van der Waals surface area contributed by atoms with E-state index in [0.29, 0.717) is 10.6 Å². The van der Waals surface area contributed by atoms with Crippen molar-refractivity contribution in [2.75, 3.05) is 0 Å². The summed E-state index contributed by atoms with van der Waals surface area (Å²) in [5.74, 6) is 0.0993. The van der Waals surface area contributed by atoms with Crippen LogP contribution in [0.1, 0.15) is 16.7 Å². The van der Waals surface area contributed by atoms with Gasteiger partial charge in [0, 0.05) is 22.1 Å². The number of aryl methyl sites for hydroxylation is 2. The monoisotopic (exact) mass is 298 g/mol. The first-order valence-electron chi connectivity index (χ1n) is 6.67. The van der Waals surface area contributed by atoms with Gasteiger partial charge >= 0.3 is 0 Å². The molecule has 2 aromatic carbocycles. The number of aromatic nitrogens is 1. The fraction of sp³-hybridized carbons (Fsp3) is 0.118. The predicted molar refractivity (Wildman–Crippen MR) is 88.1 cm³/mol. The maximum Gasteiger partial charge on any atom is 0.198 e. The molecule has 0 amide bonds. The van der Waals surface area contributed by atoms with Crippen molar-refractivity contribution in [2.24, 2.45) is 4.99 Å². The Labute approximate surface area is 127 Å². The van der Waals surface area contributed by atoms with Crippen LogP contribution in [0.4, 0.5) is 5.69 Å². The van der Waals surface area contributed by atoms with Gasteiger partial charge in [0.15, 0.2) is 5.88 Å². The Balaban J connectivity index is 2.11. The van der Waals surface area contributed by atoms with Crippen LogP contribution in [0, 0.1) is 13.8 Å². The van der Waals surface area contributed by atoms with Gasteiger partial charge < -0.3 is 10.1 Å². The van der Waals surface area contributed by atoms with Crippen molar-refractivity contribution >= 4 is 34.4 Å². The van der Waals surface area contributed by atoms with E-state index < -0.39 is 0 Å². The lowest BCUT2D eigenvalue weighted by Crippen LogP contribution is -1.83. The van der Waals surface area contributed by atoms with Crippen molar-refractivity contribution < 1.29 is 5.11 Å². The minimum Gasteiger partial charge on any atom is -0.494 e. The highest BCUT2D eigenvalue weighted by Gasteiger charge is 2.09. The van der Waals surface area contributed by atoms with Gasteiger partial charge in [-0.15, -0.1) is 0 Å². The molecule has 106 valence electrons. The van der Waals surface area contributed by atoms with E-state index in [0.717, 1.165) is 27.7 Å². The highest BCUT2D eigenvalue weighted by Crippen LogP contribution is 2.29. The van der Waals surface area contributed by atoms with Crippen LogP contribution in [0.15, 0.2) is 41.4 Å². The third-order valence-electron chi connectivity index (χ3n) is 3.54. The maximum absolute atomic E-state index is 10.1. The van der Waals surface area contributed by atoms with Gasteiger partial charge in [0.25, 0.3) is 0 Å². The van der Waals surface area contributed by atoms with Crippen LogP contribution in [-0.4, -0.2) is 16.3 Å². The normalized spacial score (nSPS) is 11.6. The van der Waals surface area contributed by atoms with Crippen LogP contribution in [0.25, 0.3) is 10.9 Å². The number of aliphatic imine (C=N–C) groups is 1. The van der Waals surface area contributed by atoms with Crippen LogP contribution in [0.3, 0.4) is 0 Å². The fourth-order valence-electron chi connectivity index (χ4n) is 2.44. The quantitative estimate of drug-likeness (QED) is 0.650. The Bertz CT molecular complexity index is 829. The molecule has 0 aliphatic rings. The molecule has 4 heteroatoms. The summed E-state index contributed by atoms with van der Waals surface area (Å²) in [6.45, 7) is 4.04. The summed E-state index contributed by atoms with van der Waals surface area (Å²) in [7, 11) is 0. The molecule has 1 aromatic heterocycles. The lowest BCUT2D eigenvalue weighted by Gasteiger charge is -2.03. The van der Waals surface area contributed by atoms with E-state index in [1.54, 1.807) is 12.3 Å². The number of benzene rings is 2. The van der Waals surface area contributed by atoms with Crippen molar-refractivity contribution in [3.63, 3.8) is 0 Å². The van der Waals surface area contributed by atoms with Crippen molar-refractivity contribution in [1.82, 2.24) is 4.98 Å². The van der Waals surface area contributed by atoms with Gasteiger partial charge in [-0.2, -0.15) is 0 Å². The standard InChI is InChI=1S/C17H15ClN2O/c1-10-4-3-5-11(2)16(10)19-9-14-13-8-12(18)6-7-15(13)20-17(14)21/h3-9,20-21H,1-2H3. The van der Waals surface area contributed by atoms with Crippen LogP contribution < -0.4 is 0 Å². The Kier molecular flexibility index (Phi) is 3.43. The fourth-order valence-corrected chi connectivity index (χ4v) is 2.61. The molecule has 0 unspecified atom stereocenters. The third-order valence-corrected chi connectivity index (χ3v) is 3.78. The summed E-state index contributed by atoms with van der Waals surface area (Å²) >= 11 is 6.03. The summed E-state index contributed by atoms with van der Waals surface area (Å²) in [5.41, 5.74) is 4.61. The molecule has 0 fully saturated rings. The van der Waals surface area contributed by atoms with Gasteiger partial charge in [-0.1, -0.05) is 29.8 Å². The van der Waals surface area contributed by atoms with Gasteiger partial charge in [0.1, 0.15) is 0 Å². The molecule has 0 atom stereocenters. The van der Waals surface area contributed by atoms with Gasteiger partial charge in [-0.25, -0.2) is 0 Å². The summed E-state index contributed by atoms with van der Waals surface area (Å²) in [5, 5.41) is 11.5. The van der Waals surface area contributed by atoms with Crippen LogP contribution in [0.5, 0.6) is 5.88 Å². The molecule has 0 saturated heterocycles. The molecule has 0 aliphatic heterocycles. The Morgan fingerprint density at radius 2 is 1.86 bits per heavy atom. The maximum atomic E-state index is 10.1. The minimum absolute atomic E-state index is 0.0993. The lowest BCUT2D eigenvalue weighted by atomic mass is 10.1. The van der Waals surface area contributed by atoms with Crippen LogP contribution in [-0.2, 0) is 0 Å². The zero-order chi connectivity index (χ0) is 15.0. The number of aromatic hydroxyl groups is 1. The van der Waals surface area contributed by atoms with E-state index in [4.69, 9.17) is 11.6 Å². The van der Waals surface area contributed by atoms with Gasteiger partial charge in [-0.05, 0) is 43.2 Å². The van der Waals surface area contributed by atoms with Gasteiger partial charge in [0.05, 0.1) is 11.3 Å².